The molecule has 0 saturated heterocycles. The number of benzene rings is 2. The molecular formula is C27H30F6N2O3S. The van der Waals surface area contributed by atoms with Crippen molar-refractivity contribution in [1.82, 2.24) is 5.32 Å². The molecule has 0 unspecified atom stereocenters. The van der Waals surface area contributed by atoms with Gasteiger partial charge in [0.05, 0.1) is 0 Å². The molecule has 12 heteroatoms. The van der Waals surface area contributed by atoms with Gasteiger partial charge in [0.2, 0.25) is 0 Å². The van der Waals surface area contributed by atoms with Crippen LogP contribution in [0.4, 0.5) is 32.0 Å². The van der Waals surface area contributed by atoms with Gasteiger partial charge in [0.25, 0.3) is 0 Å². The molecule has 39 heavy (non-hydrogen) atoms. The highest BCUT2D eigenvalue weighted by Gasteiger charge is 2.32. The Labute approximate surface area is 228 Å². The van der Waals surface area contributed by atoms with Gasteiger partial charge in [-0.3, -0.25) is 4.79 Å². The first kappa shape index (κ1) is 30.5. The quantitative estimate of drug-likeness (QED) is 0.170. The summed E-state index contributed by atoms with van der Waals surface area (Å²) in [6.45, 7) is 1.94. The molecule has 2 aromatic rings. The third-order valence-corrected chi connectivity index (χ3v) is 6.61. The highest BCUT2D eigenvalue weighted by molar-refractivity contribution is 7.80. The van der Waals surface area contributed by atoms with E-state index in [1.54, 1.807) is 12.1 Å². The normalized spacial score (nSPS) is 17.8. The van der Waals surface area contributed by atoms with Crippen molar-refractivity contribution >= 4 is 28.8 Å². The van der Waals surface area contributed by atoms with Crippen LogP contribution < -0.4 is 20.1 Å². The average Bonchev–Trinajstić information content (AvgIpc) is 2.83. The lowest BCUT2D eigenvalue weighted by Gasteiger charge is -2.30. The maximum atomic E-state index is 12.8. The number of carbonyl (C=O) groups excluding carboxylic acids is 1. The van der Waals surface area contributed by atoms with E-state index in [-0.39, 0.29) is 40.6 Å². The largest absolute Gasteiger partial charge is 0.573 e. The molecule has 214 valence electrons. The van der Waals surface area contributed by atoms with E-state index in [9.17, 15) is 31.1 Å². The number of unbranched alkanes of at least 4 members (excludes halogenated alkanes) is 1. The molecule has 0 aromatic heterocycles. The van der Waals surface area contributed by atoms with Crippen LogP contribution in [0.15, 0.2) is 42.5 Å². The molecule has 1 saturated carbocycles. The molecule has 0 amide bonds. The Morgan fingerprint density at radius 2 is 1.59 bits per heavy atom. The fraction of sp³-hybridized carbons (Fsp3) is 0.481. The number of ether oxygens (including phenoxy) is 2. The molecule has 5 nitrogen and oxygen atoms in total. The summed E-state index contributed by atoms with van der Waals surface area (Å²) in [6.07, 6.45) is -4.25. The predicted octanol–water partition coefficient (Wildman–Crippen LogP) is 7.94. The van der Waals surface area contributed by atoms with E-state index in [2.05, 4.69) is 20.1 Å². The van der Waals surface area contributed by atoms with Crippen LogP contribution in [0.1, 0.15) is 67.8 Å². The van der Waals surface area contributed by atoms with Gasteiger partial charge in [-0.25, -0.2) is 0 Å². The summed E-state index contributed by atoms with van der Waals surface area (Å²) < 4.78 is 83.4. The number of thiocarbonyl (C=S) groups is 1. The van der Waals surface area contributed by atoms with Crippen LogP contribution in [0.3, 0.4) is 0 Å². The molecule has 3 rings (SSSR count). The molecule has 0 heterocycles. The molecule has 0 atom stereocenters. The lowest BCUT2D eigenvalue weighted by Crippen LogP contribution is -2.40. The molecular weight excluding hydrogens is 546 g/mol. The van der Waals surface area contributed by atoms with Gasteiger partial charge in [0.15, 0.2) is 10.9 Å². The first-order chi connectivity index (χ1) is 18.3. The first-order valence-electron chi connectivity index (χ1n) is 12.7. The molecule has 0 aliphatic heterocycles. The van der Waals surface area contributed by atoms with Crippen molar-refractivity contribution in [3.05, 3.63) is 53.6 Å². The molecule has 2 N–H and O–H groups in total. The number of ketones is 1. The van der Waals surface area contributed by atoms with Crippen LogP contribution >= 0.6 is 12.2 Å². The fourth-order valence-corrected chi connectivity index (χ4v) is 4.89. The Balaban J connectivity index is 1.55. The first-order valence-corrected chi connectivity index (χ1v) is 13.1. The van der Waals surface area contributed by atoms with Gasteiger partial charge in [0.1, 0.15) is 11.5 Å². The van der Waals surface area contributed by atoms with Crippen LogP contribution in [0, 0.1) is 5.92 Å². The second-order valence-electron chi connectivity index (χ2n) is 9.49. The van der Waals surface area contributed by atoms with Gasteiger partial charge in [-0.1, -0.05) is 25.5 Å². The minimum Gasteiger partial charge on any atom is -0.406 e. The summed E-state index contributed by atoms with van der Waals surface area (Å²) in [7, 11) is 0. The Hall–Kier alpha value is -3.02. The van der Waals surface area contributed by atoms with Gasteiger partial charge >= 0.3 is 12.7 Å². The minimum absolute atomic E-state index is 0.0454. The lowest BCUT2D eigenvalue weighted by atomic mass is 9.81. The zero-order valence-corrected chi connectivity index (χ0v) is 22.1. The maximum Gasteiger partial charge on any atom is 0.573 e. The zero-order chi connectivity index (χ0) is 28.6. The third-order valence-electron chi connectivity index (χ3n) is 6.39. The van der Waals surface area contributed by atoms with Crippen molar-refractivity contribution in [2.24, 2.45) is 5.92 Å². The molecule has 0 spiro atoms. The third kappa shape index (κ3) is 10.6. The van der Waals surface area contributed by atoms with E-state index >= 15 is 0 Å². The molecule has 0 radical (unpaired) electrons. The van der Waals surface area contributed by atoms with Gasteiger partial charge in [0, 0.05) is 29.8 Å². The van der Waals surface area contributed by atoms with Gasteiger partial charge < -0.3 is 20.1 Å². The van der Waals surface area contributed by atoms with Crippen molar-refractivity contribution in [2.75, 3.05) is 5.32 Å². The fourth-order valence-electron chi connectivity index (χ4n) is 4.61. The Morgan fingerprint density at radius 1 is 0.949 bits per heavy atom. The summed E-state index contributed by atoms with van der Waals surface area (Å²) in [5, 5.41) is 6.32. The van der Waals surface area contributed by atoms with E-state index in [4.69, 9.17) is 12.2 Å². The monoisotopic (exact) mass is 576 g/mol. The molecule has 1 aliphatic rings. The highest BCUT2D eigenvalue weighted by Crippen LogP contribution is 2.32. The van der Waals surface area contributed by atoms with Crippen molar-refractivity contribution < 1.29 is 40.6 Å². The summed E-state index contributed by atoms with van der Waals surface area (Å²) in [6, 6.07) is 9.39. The summed E-state index contributed by atoms with van der Waals surface area (Å²) >= 11 is 5.32. The summed E-state index contributed by atoms with van der Waals surface area (Å²) in [4.78, 5) is 12.8. The second-order valence-corrected chi connectivity index (χ2v) is 9.90. The van der Waals surface area contributed by atoms with Crippen LogP contribution in [-0.4, -0.2) is 29.7 Å². The van der Waals surface area contributed by atoms with Gasteiger partial charge in [-0.2, -0.15) is 0 Å². The standard InChI is InChI=1S/C27H30F6N2O3S/c1-2-3-7-24(36)23-16-22(38-27(31,32)33)13-10-18(23)14-17-8-11-19(12-9-17)34-25(39)35-20-5-4-6-21(15-20)37-26(28,29)30/h4-6,10,13,15-17,19H,2-3,7-9,11-12,14H2,1H3,(H2,34,35,39). The van der Waals surface area contributed by atoms with Crippen molar-refractivity contribution in [3.63, 3.8) is 0 Å². The number of alkyl halides is 6. The number of hydrogen-bond donors (Lipinski definition) is 2. The molecule has 1 fully saturated rings. The van der Waals surface area contributed by atoms with Crippen LogP contribution in [0.5, 0.6) is 11.5 Å². The van der Waals surface area contributed by atoms with Crippen molar-refractivity contribution in [1.29, 1.82) is 0 Å². The van der Waals surface area contributed by atoms with Gasteiger partial charge in [-0.05, 0) is 86.5 Å². The van der Waals surface area contributed by atoms with E-state index in [0.717, 1.165) is 32.1 Å². The maximum absolute atomic E-state index is 12.8. The number of nitrogens with one attached hydrogen (secondary N) is 2. The highest BCUT2D eigenvalue weighted by atomic mass is 32.1. The van der Waals surface area contributed by atoms with Crippen molar-refractivity contribution in [2.45, 2.75) is 77.1 Å². The van der Waals surface area contributed by atoms with E-state index in [0.29, 0.717) is 24.1 Å². The van der Waals surface area contributed by atoms with Gasteiger partial charge in [-0.15, -0.1) is 26.3 Å². The second kappa shape index (κ2) is 13.4. The van der Waals surface area contributed by atoms with Crippen LogP contribution in [0.2, 0.25) is 0 Å². The van der Waals surface area contributed by atoms with Crippen LogP contribution in [0.25, 0.3) is 0 Å². The summed E-state index contributed by atoms with van der Waals surface area (Å²) in [5.41, 5.74) is 1.33. The number of rotatable bonds is 10. The Bertz CT molecular complexity index is 1130. The molecule has 0 bridgehead atoms. The Kier molecular flexibility index (Phi) is 10.5. The predicted molar refractivity (Wildman–Crippen MR) is 139 cm³/mol. The number of hydrogen-bond acceptors (Lipinski definition) is 4. The summed E-state index contributed by atoms with van der Waals surface area (Å²) in [5.74, 6) is -0.735. The zero-order valence-electron chi connectivity index (χ0n) is 21.3. The Morgan fingerprint density at radius 3 is 2.21 bits per heavy atom. The molecule has 1 aliphatic carbocycles. The van der Waals surface area contributed by atoms with Crippen molar-refractivity contribution in [3.8, 4) is 11.5 Å². The van der Waals surface area contributed by atoms with Crippen LogP contribution in [-0.2, 0) is 6.42 Å². The molecule has 2 aromatic carbocycles. The van der Waals surface area contributed by atoms with E-state index in [1.807, 2.05) is 6.92 Å². The smallest absolute Gasteiger partial charge is 0.406 e. The lowest BCUT2D eigenvalue weighted by molar-refractivity contribution is -0.275. The SMILES string of the molecule is CCCCC(=O)c1cc(OC(F)(F)F)ccc1CC1CCC(NC(=S)Nc2cccc(OC(F)(F)F)c2)CC1. The van der Waals surface area contributed by atoms with E-state index < -0.39 is 18.5 Å². The number of Topliss-reactive ketones (excluding diaryl/α,β-unsaturated/α-hetero) is 1. The topological polar surface area (TPSA) is 59.6 Å². The number of carbonyl (C=O) groups is 1. The number of anilines is 1. The average molecular weight is 577 g/mol. The minimum atomic E-state index is -4.84. The number of halogens is 6. The van der Waals surface area contributed by atoms with E-state index in [1.165, 1.54) is 30.3 Å².